The molecule has 1 saturated heterocycles. The Morgan fingerprint density at radius 2 is 2.12 bits per heavy atom. The van der Waals surface area contributed by atoms with Gasteiger partial charge in [-0.3, -0.25) is 9.69 Å². The van der Waals surface area contributed by atoms with Crippen LogP contribution in [0.2, 0.25) is 0 Å². The van der Waals surface area contributed by atoms with Crippen molar-refractivity contribution in [1.82, 2.24) is 10.2 Å². The fraction of sp³-hybridized carbons (Fsp3) is 0.667. The minimum Gasteiger partial charge on any atom is -0.354 e. The van der Waals surface area contributed by atoms with Gasteiger partial charge in [0.05, 0.1) is 0 Å². The van der Waals surface area contributed by atoms with E-state index in [-0.39, 0.29) is 24.4 Å². The molecule has 3 N–H and O–H groups in total. The summed E-state index contributed by atoms with van der Waals surface area (Å²) in [5.41, 5.74) is 5.34. The molecule has 1 unspecified atom stereocenters. The normalized spacial score (nSPS) is 18.9. The van der Waals surface area contributed by atoms with Gasteiger partial charge >= 0.3 is 6.18 Å². The van der Waals surface area contributed by atoms with E-state index in [0.717, 1.165) is 43.2 Å². The summed E-state index contributed by atoms with van der Waals surface area (Å²) < 4.78 is 38.0. The molecule has 2 rings (SSSR count). The van der Waals surface area contributed by atoms with Gasteiger partial charge in [-0.05, 0) is 31.5 Å². The van der Waals surface area contributed by atoms with E-state index >= 15 is 0 Å². The van der Waals surface area contributed by atoms with Gasteiger partial charge < -0.3 is 11.1 Å². The SMILES string of the molecule is Cl.NCCC(=O)NCC1CCCCN1Cc1ccc(C(F)(F)F)s1. The lowest BCUT2D eigenvalue weighted by Crippen LogP contribution is -2.46. The number of hydrogen-bond donors (Lipinski definition) is 2. The number of alkyl halides is 3. The van der Waals surface area contributed by atoms with Crippen LogP contribution in [0.3, 0.4) is 0 Å². The molecule has 2 heterocycles. The highest BCUT2D eigenvalue weighted by molar-refractivity contribution is 7.12. The molecule has 138 valence electrons. The Morgan fingerprint density at radius 1 is 1.38 bits per heavy atom. The quantitative estimate of drug-likeness (QED) is 0.791. The van der Waals surface area contributed by atoms with E-state index in [1.165, 1.54) is 0 Å². The first-order chi connectivity index (χ1) is 10.9. The molecule has 0 aliphatic carbocycles. The topological polar surface area (TPSA) is 58.4 Å². The number of thiophene rings is 1. The van der Waals surface area contributed by atoms with Crippen LogP contribution in [0.25, 0.3) is 0 Å². The molecule has 1 aromatic rings. The first-order valence-electron chi connectivity index (χ1n) is 7.77. The highest BCUT2D eigenvalue weighted by Crippen LogP contribution is 2.35. The van der Waals surface area contributed by atoms with Gasteiger partial charge in [-0.1, -0.05) is 6.42 Å². The van der Waals surface area contributed by atoms with Crippen molar-refractivity contribution in [3.8, 4) is 0 Å². The molecular formula is C15H23ClF3N3OS. The van der Waals surface area contributed by atoms with Crippen LogP contribution in [0, 0.1) is 0 Å². The van der Waals surface area contributed by atoms with E-state index in [9.17, 15) is 18.0 Å². The third kappa shape index (κ3) is 6.23. The molecule has 1 aliphatic rings. The lowest BCUT2D eigenvalue weighted by Gasteiger charge is -2.35. The molecule has 1 fully saturated rings. The van der Waals surface area contributed by atoms with Crippen LogP contribution in [0.4, 0.5) is 13.2 Å². The first-order valence-corrected chi connectivity index (χ1v) is 8.58. The fourth-order valence-corrected chi connectivity index (χ4v) is 3.67. The third-order valence-electron chi connectivity index (χ3n) is 3.96. The monoisotopic (exact) mass is 385 g/mol. The number of nitrogens with two attached hydrogens (primary N) is 1. The van der Waals surface area contributed by atoms with Gasteiger partial charge in [0.25, 0.3) is 0 Å². The fourth-order valence-electron chi connectivity index (χ4n) is 2.77. The van der Waals surface area contributed by atoms with Crippen molar-refractivity contribution < 1.29 is 18.0 Å². The number of carbonyl (C=O) groups excluding carboxylic acids is 1. The second kappa shape index (κ2) is 9.60. The van der Waals surface area contributed by atoms with Crippen molar-refractivity contribution in [3.05, 3.63) is 21.9 Å². The Balaban J connectivity index is 0.00000288. The summed E-state index contributed by atoms with van der Waals surface area (Å²) in [6.45, 7) is 2.18. The van der Waals surface area contributed by atoms with Crippen molar-refractivity contribution in [2.24, 2.45) is 5.73 Å². The Labute approximate surface area is 150 Å². The highest BCUT2D eigenvalue weighted by atomic mass is 35.5. The number of nitrogens with one attached hydrogen (secondary N) is 1. The predicted octanol–water partition coefficient (Wildman–Crippen LogP) is 3.01. The van der Waals surface area contributed by atoms with Crippen molar-refractivity contribution in [2.75, 3.05) is 19.6 Å². The molecular weight excluding hydrogens is 363 g/mol. The maximum absolute atomic E-state index is 12.7. The van der Waals surface area contributed by atoms with E-state index in [4.69, 9.17) is 5.73 Å². The van der Waals surface area contributed by atoms with Gasteiger partial charge in [0.1, 0.15) is 4.88 Å². The molecule has 1 atom stereocenters. The minimum atomic E-state index is -4.28. The van der Waals surface area contributed by atoms with Crippen molar-refractivity contribution in [3.63, 3.8) is 0 Å². The average Bonchev–Trinajstić information content (AvgIpc) is 2.95. The minimum absolute atomic E-state index is 0. The van der Waals surface area contributed by atoms with Crippen LogP contribution in [0.15, 0.2) is 12.1 Å². The number of amides is 1. The van der Waals surface area contributed by atoms with Gasteiger partial charge in [-0.2, -0.15) is 13.2 Å². The Bertz CT molecular complexity index is 524. The summed E-state index contributed by atoms with van der Waals surface area (Å²) >= 11 is 0.797. The van der Waals surface area contributed by atoms with Crippen molar-refractivity contribution in [2.45, 2.75) is 44.4 Å². The largest absolute Gasteiger partial charge is 0.425 e. The molecule has 1 aromatic heterocycles. The molecule has 24 heavy (non-hydrogen) atoms. The van der Waals surface area contributed by atoms with E-state index < -0.39 is 11.1 Å². The van der Waals surface area contributed by atoms with Crippen LogP contribution in [-0.2, 0) is 17.5 Å². The van der Waals surface area contributed by atoms with E-state index in [1.807, 2.05) is 0 Å². The van der Waals surface area contributed by atoms with Crippen LogP contribution in [0.1, 0.15) is 35.4 Å². The number of nitrogens with zero attached hydrogens (tertiary/aromatic N) is 1. The molecule has 0 aromatic carbocycles. The number of halogens is 4. The number of hydrogen-bond acceptors (Lipinski definition) is 4. The summed E-state index contributed by atoms with van der Waals surface area (Å²) in [6.07, 6.45) is -0.926. The van der Waals surface area contributed by atoms with Crippen LogP contribution in [-0.4, -0.2) is 36.5 Å². The molecule has 0 spiro atoms. The molecule has 0 saturated carbocycles. The van der Waals surface area contributed by atoms with E-state index in [2.05, 4.69) is 10.2 Å². The Kier molecular flexibility index (Phi) is 8.49. The second-order valence-corrected chi connectivity index (χ2v) is 6.89. The van der Waals surface area contributed by atoms with Crippen LogP contribution < -0.4 is 11.1 Å². The number of piperidine rings is 1. The third-order valence-corrected chi connectivity index (χ3v) is 5.07. The van der Waals surface area contributed by atoms with Crippen molar-refractivity contribution in [1.29, 1.82) is 0 Å². The highest BCUT2D eigenvalue weighted by Gasteiger charge is 2.33. The number of carbonyl (C=O) groups is 1. The molecule has 9 heteroatoms. The van der Waals surface area contributed by atoms with Gasteiger partial charge in [-0.15, -0.1) is 23.7 Å². The molecule has 1 aliphatic heterocycles. The van der Waals surface area contributed by atoms with Gasteiger partial charge in [0, 0.05) is 37.0 Å². The van der Waals surface area contributed by atoms with E-state index in [0.29, 0.717) is 30.9 Å². The molecule has 1 amide bonds. The predicted molar refractivity (Wildman–Crippen MR) is 91.3 cm³/mol. The lowest BCUT2D eigenvalue weighted by molar-refractivity contribution is -0.134. The summed E-state index contributed by atoms with van der Waals surface area (Å²) in [7, 11) is 0. The standard InChI is InChI=1S/C15H22F3N3OS.ClH/c16-15(17,18)13-5-4-12(23-13)10-21-8-2-1-3-11(21)9-20-14(22)6-7-19;/h4-5,11H,1-3,6-10,19H2,(H,20,22);1H. The summed E-state index contributed by atoms with van der Waals surface area (Å²) in [4.78, 5) is 13.8. The van der Waals surface area contributed by atoms with Crippen LogP contribution in [0.5, 0.6) is 0 Å². The zero-order valence-electron chi connectivity index (χ0n) is 13.3. The Hall–Kier alpha value is -0.830. The van der Waals surface area contributed by atoms with Gasteiger partial charge in [0.2, 0.25) is 5.91 Å². The first kappa shape index (κ1) is 21.2. The maximum Gasteiger partial charge on any atom is 0.425 e. The summed E-state index contributed by atoms with van der Waals surface area (Å²) in [5.74, 6) is -0.0755. The summed E-state index contributed by atoms with van der Waals surface area (Å²) in [6, 6.07) is 2.86. The maximum atomic E-state index is 12.7. The molecule has 4 nitrogen and oxygen atoms in total. The van der Waals surface area contributed by atoms with Gasteiger partial charge in [0.15, 0.2) is 0 Å². The zero-order valence-corrected chi connectivity index (χ0v) is 14.9. The molecule has 0 radical (unpaired) electrons. The lowest BCUT2D eigenvalue weighted by atomic mass is 10.0. The summed E-state index contributed by atoms with van der Waals surface area (Å²) in [5, 5.41) is 2.86. The molecule has 0 bridgehead atoms. The smallest absolute Gasteiger partial charge is 0.354 e. The second-order valence-electron chi connectivity index (χ2n) is 5.73. The van der Waals surface area contributed by atoms with E-state index in [1.54, 1.807) is 6.07 Å². The average molecular weight is 386 g/mol. The van der Waals surface area contributed by atoms with Crippen molar-refractivity contribution >= 4 is 29.7 Å². The van der Waals surface area contributed by atoms with Gasteiger partial charge in [-0.25, -0.2) is 0 Å². The Morgan fingerprint density at radius 3 is 2.75 bits per heavy atom. The number of rotatable bonds is 6. The number of likely N-dealkylation sites (tertiary alicyclic amines) is 1. The van der Waals surface area contributed by atoms with Crippen LogP contribution >= 0.6 is 23.7 Å². The zero-order chi connectivity index (χ0) is 16.9.